The molecule has 0 atom stereocenters. The van der Waals surface area contributed by atoms with Crippen LogP contribution in [0.4, 0.5) is 17.1 Å². The minimum absolute atomic E-state index is 0.694. The maximum absolute atomic E-state index is 6.58. The highest BCUT2D eigenvalue weighted by Gasteiger charge is 2.21. The van der Waals surface area contributed by atoms with Crippen LogP contribution in [0.5, 0.6) is 23.0 Å². The summed E-state index contributed by atoms with van der Waals surface area (Å²) in [6, 6.07) is 71.0. The molecule has 0 bridgehead atoms. The number of rotatable bonds is 5. The fraction of sp³-hybridized carbons (Fsp3) is 0. The number of hydrogen-bond acceptors (Lipinski definition) is 3. The molecule has 0 saturated carbocycles. The molecule has 11 rings (SSSR count). The lowest BCUT2D eigenvalue weighted by Gasteiger charge is -2.27. The second-order valence-electron chi connectivity index (χ2n) is 14.1. The molecular formula is C52H33NO2. The Hall–Kier alpha value is -7.36. The summed E-state index contributed by atoms with van der Waals surface area (Å²) in [5.74, 6) is 2.99. The maximum atomic E-state index is 6.58. The van der Waals surface area contributed by atoms with Crippen molar-refractivity contribution in [2.24, 2.45) is 0 Å². The van der Waals surface area contributed by atoms with Gasteiger partial charge in [-0.05, 0) is 115 Å². The third kappa shape index (κ3) is 5.20. The Bertz CT molecular complexity index is 3090. The molecule has 0 fully saturated rings. The van der Waals surface area contributed by atoms with Crippen molar-refractivity contribution in [3.8, 4) is 45.3 Å². The zero-order valence-corrected chi connectivity index (χ0v) is 29.8. The molecule has 258 valence electrons. The molecule has 55 heavy (non-hydrogen) atoms. The van der Waals surface area contributed by atoms with Crippen LogP contribution in [0.25, 0.3) is 65.3 Å². The maximum Gasteiger partial charge on any atom is 0.170 e. The molecule has 1 aliphatic heterocycles. The number of nitrogens with zero attached hydrogens (tertiary/aromatic N) is 1. The van der Waals surface area contributed by atoms with Crippen LogP contribution >= 0.6 is 0 Å². The summed E-state index contributed by atoms with van der Waals surface area (Å²) in [5.41, 5.74) is 7.88. The van der Waals surface area contributed by atoms with Crippen molar-refractivity contribution in [1.82, 2.24) is 0 Å². The van der Waals surface area contributed by atoms with Crippen LogP contribution in [-0.2, 0) is 0 Å². The number of anilines is 3. The van der Waals surface area contributed by atoms with E-state index in [0.717, 1.165) is 61.2 Å². The van der Waals surface area contributed by atoms with Crippen LogP contribution in [0, 0.1) is 0 Å². The minimum Gasteiger partial charge on any atom is -0.453 e. The Kier molecular flexibility index (Phi) is 7.17. The first kappa shape index (κ1) is 31.2. The van der Waals surface area contributed by atoms with E-state index in [1.807, 2.05) is 30.3 Å². The average molecular weight is 704 g/mol. The first-order chi connectivity index (χ1) is 27.3. The monoisotopic (exact) mass is 703 g/mol. The van der Waals surface area contributed by atoms with Gasteiger partial charge in [-0.2, -0.15) is 0 Å². The van der Waals surface area contributed by atoms with Gasteiger partial charge in [0.05, 0.1) is 11.1 Å². The van der Waals surface area contributed by atoms with E-state index in [-0.39, 0.29) is 0 Å². The van der Waals surface area contributed by atoms with E-state index in [1.165, 1.54) is 32.7 Å². The van der Waals surface area contributed by atoms with Gasteiger partial charge in [-0.25, -0.2) is 0 Å². The van der Waals surface area contributed by atoms with E-state index < -0.39 is 0 Å². The van der Waals surface area contributed by atoms with Crippen molar-refractivity contribution >= 4 is 60.2 Å². The first-order valence-electron chi connectivity index (χ1n) is 18.7. The molecule has 0 spiro atoms. The van der Waals surface area contributed by atoms with E-state index in [2.05, 4.69) is 175 Å². The third-order valence-electron chi connectivity index (χ3n) is 10.9. The van der Waals surface area contributed by atoms with E-state index >= 15 is 0 Å². The fourth-order valence-corrected chi connectivity index (χ4v) is 8.34. The van der Waals surface area contributed by atoms with Crippen molar-refractivity contribution in [1.29, 1.82) is 0 Å². The second-order valence-corrected chi connectivity index (χ2v) is 14.1. The van der Waals surface area contributed by atoms with Crippen molar-refractivity contribution in [3.05, 3.63) is 200 Å². The van der Waals surface area contributed by atoms with Gasteiger partial charge in [0.25, 0.3) is 0 Å². The Balaban J connectivity index is 1.02. The van der Waals surface area contributed by atoms with Gasteiger partial charge in [0.2, 0.25) is 0 Å². The highest BCUT2D eigenvalue weighted by molar-refractivity contribution is 6.14. The predicted molar refractivity (Wildman–Crippen MR) is 229 cm³/mol. The smallest absolute Gasteiger partial charge is 0.170 e. The van der Waals surface area contributed by atoms with Crippen LogP contribution in [0.1, 0.15) is 0 Å². The molecule has 3 nitrogen and oxygen atoms in total. The van der Waals surface area contributed by atoms with Crippen LogP contribution in [0.3, 0.4) is 0 Å². The first-order valence-corrected chi connectivity index (χ1v) is 18.7. The Morgan fingerprint density at radius 1 is 0.309 bits per heavy atom. The molecule has 0 aliphatic carbocycles. The van der Waals surface area contributed by atoms with Gasteiger partial charge in [0, 0.05) is 16.8 Å². The van der Waals surface area contributed by atoms with Crippen molar-refractivity contribution < 1.29 is 9.47 Å². The molecule has 0 unspecified atom stereocenters. The van der Waals surface area contributed by atoms with Gasteiger partial charge >= 0.3 is 0 Å². The quantitative estimate of drug-likeness (QED) is 0.167. The summed E-state index contributed by atoms with van der Waals surface area (Å²) >= 11 is 0. The van der Waals surface area contributed by atoms with Gasteiger partial charge in [-0.15, -0.1) is 0 Å². The van der Waals surface area contributed by atoms with Gasteiger partial charge in [-0.3, -0.25) is 0 Å². The summed E-state index contributed by atoms with van der Waals surface area (Å²) in [7, 11) is 0. The highest BCUT2D eigenvalue weighted by atomic mass is 16.5. The zero-order chi connectivity index (χ0) is 36.3. The van der Waals surface area contributed by atoms with E-state index in [1.54, 1.807) is 0 Å². The molecule has 0 radical (unpaired) electrons. The molecule has 0 N–H and O–H groups in total. The largest absolute Gasteiger partial charge is 0.453 e. The van der Waals surface area contributed by atoms with Gasteiger partial charge in [0.1, 0.15) is 11.5 Å². The standard InChI is InChI=1S/C52H33NO2/c1-2-15-38(16-3-1)53(39-27-24-34(25-28-39)46-32-36-12-4-5-17-40(36)42-18-6-7-20-44(42)46)47-30-29-41(43-19-8-9-21-45(43)47)37-26-31-48-51(33-37)55-50-23-11-14-35-13-10-22-49(54-48)52(35)50/h1-33H. The predicted octanol–water partition coefficient (Wildman–Crippen LogP) is 15.0. The summed E-state index contributed by atoms with van der Waals surface area (Å²) < 4.78 is 13.0. The zero-order valence-electron chi connectivity index (χ0n) is 29.8. The molecule has 3 heteroatoms. The lowest BCUT2D eigenvalue weighted by Crippen LogP contribution is -2.10. The van der Waals surface area contributed by atoms with Crippen molar-refractivity contribution in [2.45, 2.75) is 0 Å². The molecule has 0 aromatic heterocycles. The highest BCUT2D eigenvalue weighted by Crippen LogP contribution is 2.48. The molecule has 1 heterocycles. The van der Waals surface area contributed by atoms with Crippen LogP contribution < -0.4 is 14.4 Å². The molecule has 1 aliphatic rings. The summed E-state index contributed by atoms with van der Waals surface area (Å²) in [5, 5.41) is 9.42. The van der Waals surface area contributed by atoms with Gasteiger partial charge in [-0.1, -0.05) is 140 Å². The van der Waals surface area contributed by atoms with Gasteiger partial charge < -0.3 is 14.4 Å². The summed E-state index contributed by atoms with van der Waals surface area (Å²) in [6.45, 7) is 0. The molecule has 10 aromatic rings. The number of benzene rings is 10. The topological polar surface area (TPSA) is 21.7 Å². The minimum atomic E-state index is 0.694. The number of fused-ring (bicyclic) bond motifs is 5. The Morgan fingerprint density at radius 2 is 0.891 bits per heavy atom. The van der Waals surface area contributed by atoms with Crippen LogP contribution in [-0.4, -0.2) is 0 Å². The van der Waals surface area contributed by atoms with E-state index in [9.17, 15) is 0 Å². The normalized spacial score (nSPS) is 11.9. The lowest BCUT2D eigenvalue weighted by molar-refractivity contribution is 0.439. The van der Waals surface area contributed by atoms with E-state index in [4.69, 9.17) is 9.47 Å². The molecule has 10 aromatic carbocycles. The van der Waals surface area contributed by atoms with Crippen molar-refractivity contribution in [3.63, 3.8) is 0 Å². The number of ether oxygens (including phenoxy) is 2. The molecule has 0 amide bonds. The Labute approximate surface area is 318 Å². The van der Waals surface area contributed by atoms with Crippen LogP contribution in [0.15, 0.2) is 200 Å². The SMILES string of the molecule is c1ccc(N(c2ccc(-c3cc4ccccc4c4ccccc34)cc2)c2ccc(-c3ccc4c(c3)Oc3cccc5cccc(c35)O4)c3ccccc23)cc1. The van der Waals surface area contributed by atoms with Crippen molar-refractivity contribution in [2.75, 3.05) is 4.90 Å². The average Bonchev–Trinajstić information content (AvgIpc) is 3.41. The summed E-state index contributed by atoms with van der Waals surface area (Å²) in [6.07, 6.45) is 0. The number of hydrogen-bond donors (Lipinski definition) is 0. The van der Waals surface area contributed by atoms with Gasteiger partial charge in [0.15, 0.2) is 11.5 Å². The lowest BCUT2D eigenvalue weighted by atomic mass is 9.93. The molecule has 0 saturated heterocycles. The molecular weight excluding hydrogens is 671 g/mol. The van der Waals surface area contributed by atoms with E-state index in [0.29, 0.717) is 11.5 Å². The third-order valence-corrected chi connectivity index (χ3v) is 10.9. The fourth-order valence-electron chi connectivity index (χ4n) is 8.34. The van der Waals surface area contributed by atoms with Crippen LogP contribution in [0.2, 0.25) is 0 Å². The number of para-hydroxylation sites is 1. The summed E-state index contributed by atoms with van der Waals surface area (Å²) in [4.78, 5) is 2.36. The Morgan fingerprint density at radius 3 is 1.65 bits per heavy atom. The second kappa shape index (κ2) is 12.6.